The molecule has 4 nitrogen and oxygen atoms in total. The van der Waals surface area contributed by atoms with Crippen LogP contribution in [0.25, 0.3) is 0 Å². The Kier molecular flexibility index (Phi) is 5.39. The SMILES string of the molecule is C[C@@H](C(=O)O)N(C(=O)CC(C)(C)C)C1CCCCC1. The molecule has 1 saturated carbocycles. The van der Waals surface area contributed by atoms with Crippen molar-refractivity contribution in [3.05, 3.63) is 0 Å². The molecule has 1 fully saturated rings. The normalized spacial score (nSPS) is 18.9. The number of carboxylic acid groups (broad SMARTS) is 1. The Morgan fingerprint density at radius 2 is 1.74 bits per heavy atom. The number of aliphatic carboxylic acids is 1. The summed E-state index contributed by atoms with van der Waals surface area (Å²) in [6, 6.07) is -0.618. The van der Waals surface area contributed by atoms with E-state index in [1.54, 1.807) is 11.8 Å². The molecule has 0 heterocycles. The number of rotatable bonds is 4. The number of nitrogens with zero attached hydrogens (tertiary/aromatic N) is 1. The number of carbonyl (C=O) groups is 2. The highest BCUT2D eigenvalue weighted by molar-refractivity contribution is 5.84. The van der Waals surface area contributed by atoms with Gasteiger partial charge in [0.1, 0.15) is 6.04 Å². The van der Waals surface area contributed by atoms with Crippen molar-refractivity contribution in [2.24, 2.45) is 5.41 Å². The first-order chi connectivity index (χ1) is 8.72. The predicted molar refractivity (Wildman–Crippen MR) is 74.9 cm³/mol. The summed E-state index contributed by atoms with van der Waals surface area (Å²) in [5.41, 5.74) is -0.109. The fourth-order valence-electron chi connectivity index (χ4n) is 2.76. The van der Waals surface area contributed by atoms with Crippen LogP contribution in [0.2, 0.25) is 0 Å². The van der Waals surface area contributed by atoms with E-state index >= 15 is 0 Å². The molecule has 1 atom stereocenters. The summed E-state index contributed by atoms with van der Waals surface area (Å²) in [7, 11) is 0. The van der Waals surface area contributed by atoms with Gasteiger partial charge in [-0.15, -0.1) is 0 Å². The van der Waals surface area contributed by atoms with Crippen molar-refractivity contribution in [1.82, 2.24) is 4.90 Å². The van der Waals surface area contributed by atoms with Crippen LogP contribution in [0.4, 0.5) is 0 Å². The highest BCUT2D eigenvalue weighted by Crippen LogP contribution is 2.28. The Balaban J connectivity index is 2.84. The van der Waals surface area contributed by atoms with Gasteiger partial charge in [0.2, 0.25) is 5.91 Å². The van der Waals surface area contributed by atoms with Gasteiger partial charge in [-0.2, -0.15) is 0 Å². The lowest BCUT2D eigenvalue weighted by Gasteiger charge is -2.38. The van der Waals surface area contributed by atoms with E-state index in [2.05, 4.69) is 0 Å². The molecule has 1 amide bonds. The molecule has 0 unspecified atom stereocenters. The quantitative estimate of drug-likeness (QED) is 0.853. The zero-order valence-corrected chi connectivity index (χ0v) is 12.6. The molecule has 1 rings (SSSR count). The van der Waals surface area contributed by atoms with Crippen LogP contribution in [0.5, 0.6) is 0 Å². The Morgan fingerprint density at radius 1 is 1.21 bits per heavy atom. The topological polar surface area (TPSA) is 57.6 Å². The molecule has 0 aromatic rings. The minimum atomic E-state index is -0.909. The summed E-state index contributed by atoms with van der Waals surface area (Å²) in [5, 5.41) is 9.24. The minimum absolute atomic E-state index is 0.0192. The Morgan fingerprint density at radius 3 is 2.16 bits per heavy atom. The Bertz CT molecular complexity index is 327. The zero-order chi connectivity index (χ0) is 14.6. The van der Waals surface area contributed by atoms with Crippen LogP contribution in [-0.4, -0.2) is 34.0 Å². The second kappa shape index (κ2) is 6.40. The highest BCUT2D eigenvalue weighted by atomic mass is 16.4. The molecule has 0 radical (unpaired) electrons. The fourth-order valence-corrected chi connectivity index (χ4v) is 2.76. The van der Waals surface area contributed by atoms with Crippen molar-refractivity contribution < 1.29 is 14.7 Å². The summed E-state index contributed by atoms with van der Waals surface area (Å²) < 4.78 is 0. The third kappa shape index (κ3) is 4.84. The van der Waals surface area contributed by atoms with Crippen molar-refractivity contribution in [3.63, 3.8) is 0 Å². The van der Waals surface area contributed by atoms with Crippen molar-refractivity contribution in [1.29, 1.82) is 0 Å². The van der Waals surface area contributed by atoms with Gasteiger partial charge in [-0.25, -0.2) is 4.79 Å². The first-order valence-corrected chi connectivity index (χ1v) is 7.26. The molecule has 0 aromatic carbocycles. The predicted octanol–water partition coefficient (Wildman–Crippen LogP) is 3.06. The first kappa shape index (κ1) is 16.0. The van der Waals surface area contributed by atoms with E-state index in [9.17, 15) is 14.7 Å². The van der Waals surface area contributed by atoms with Gasteiger partial charge in [0.15, 0.2) is 0 Å². The smallest absolute Gasteiger partial charge is 0.326 e. The van der Waals surface area contributed by atoms with E-state index in [4.69, 9.17) is 0 Å². The molecule has 4 heteroatoms. The molecule has 0 saturated heterocycles. The second-order valence-corrected chi connectivity index (χ2v) is 6.84. The average Bonchev–Trinajstić information content (AvgIpc) is 2.28. The van der Waals surface area contributed by atoms with Gasteiger partial charge in [-0.3, -0.25) is 4.79 Å². The summed E-state index contributed by atoms with van der Waals surface area (Å²) in [6.45, 7) is 7.65. The zero-order valence-electron chi connectivity index (χ0n) is 12.6. The number of hydrogen-bond donors (Lipinski definition) is 1. The van der Waals surface area contributed by atoms with E-state index < -0.39 is 12.0 Å². The van der Waals surface area contributed by atoms with Crippen molar-refractivity contribution in [3.8, 4) is 0 Å². The lowest BCUT2D eigenvalue weighted by Crippen LogP contribution is -2.50. The molecule has 1 N–H and O–H groups in total. The van der Waals surface area contributed by atoms with Crippen LogP contribution >= 0.6 is 0 Å². The van der Waals surface area contributed by atoms with Crippen molar-refractivity contribution >= 4 is 11.9 Å². The number of amides is 1. The highest BCUT2D eigenvalue weighted by Gasteiger charge is 2.34. The molecule has 1 aliphatic carbocycles. The molecule has 110 valence electrons. The van der Waals surface area contributed by atoms with Gasteiger partial charge in [0, 0.05) is 12.5 Å². The molecule has 0 aromatic heterocycles. The van der Waals surface area contributed by atoms with E-state index in [-0.39, 0.29) is 17.4 Å². The maximum absolute atomic E-state index is 12.5. The lowest BCUT2D eigenvalue weighted by atomic mass is 9.89. The van der Waals surface area contributed by atoms with E-state index in [0.717, 1.165) is 25.7 Å². The number of carbonyl (C=O) groups excluding carboxylic acids is 1. The third-order valence-corrected chi connectivity index (χ3v) is 3.71. The van der Waals surface area contributed by atoms with Crippen LogP contribution in [0.15, 0.2) is 0 Å². The largest absolute Gasteiger partial charge is 0.480 e. The van der Waals surface area contributed by atoms with Crippen LogP contribution in [0.3, 0.4) is 0 Å². The standard InChI is InChI=1S/C15H27NO3/c1-11(14(18)19)16(12-8-6-5-7-9-12)13(17)10-15(2,3)4/h11-12H,5-10H2,1-4H3,(H,18,19)/t11-/m0/s1. The molecular weight excluding hydrogens is 242 g/mol. The van der Waals surface area contributed by atoms with Gasteiger partial charge < -0.3 is 10.0 Å². The summed E-state index contributed by atoms with van der Waals surface area (Å²) in [6.07, 6.45) is 5.66. The van der Waals surface area contributed by atoms with Crippen LogP contribution in [0.1, 0.15) is 66.2 Å². The van der Waals surface area contributed by atoms with Crippen LogP contribution in [-0.2, 0) is 9.59 Å². The van der Waals surface area contributed by atoms with E-state index in [1.807, 2.05) is 20.8 Å². The third-order valence-electron chi connectivity index (χ3n) is 3.71. The van der Waals surface area contributed by atoms with Crippen molar-refractivity contribution in [2.75, 3.05) is 0 Å². The number of hydrogen-bond acceptors (Lipinski definition) is 2. The van der Waals surface area contributed by atoms with Gasteiger partial charge in [0.25, 0.3) is 0 Å². The molecule has 0 aliphatic heterocycles. The van der Waals surface area contributed by atoms with E-state index in [0.29, 0.717) is 6.42 Å². The maximum atomic E-state index is 12.5. The first-order valence-electron chi connectivity index (χ1n) is 7.26. The molecular formula is C15H27NO3. The van der Waals surface area contributed by atoms with Crippen LogP contribution < -0.4 is 0 Å². The summed E-state index contributed by atoms with van der Waals surface area (Å²) >= 11 is 0. The fraction of sp³-hybridized carbons (Fsp3) is 0.867. The van der Waals surface area contributed by atoms with E-state index in [1.165, 1.54) is 6.42 Å². The Hall–Kier alpha value is -1.06. The van der Waals surface area contributed by atoms with Gasteiger partial charge in [-0.05, 0) is 25.2 Å². The van der Waals surface area contributed by atoms with Gasteiger partial charge in [-0.1, -0.05) is 40.0 Å². The molecule has 0 spiro atoms. The molecule has 1 aliphatic rings. The van der Waals surface area contributed by atoms with Gasteiger partial charge in [0.05, 0.1) is 0 Å². The molecule has 19 heavy (non-hydrogen) atoms. The number of carboxylic acids is 1. The monoisotopic (exact) mass is 269 g/mol. The minimum Gasteiger partial charge on any atom is -0.480 e. The average molecular weight is 269 g/mol. The Labute approximate surface area is 116 Å². The second-order valence-electron chi connectivity index (χ2n) is 6.84. The van der Waals surface area contributed by atoms with Gasteiger partial charge >= 0.3 is 5.97 Å². The van der Waals surface area contributed by atoms with Crippen molar-refractivity contribution in [2.45, 2.75) is 78.3 Å². The maximum Gasteiger partial charge on any atom is 0.326 e. The molecule has 0 bridgehead atoms. The summed E-state index contributed by atoms with van der Waals surface area (Å²) in [5.74, 6) is -0.929. The lowest BCUT2D eigenvalue weighted by molar-refractivity contribution is -0.153. The summed E-state index contributed by atoms with van der Waals surface area (Å²) in [4.78, 5) is 25.4. The van der Waals surface area contributed by atoms with Crippen LogP contribution in [0, 0.1) is 5.41 Å².